The van der Waals surface area contributed by atoms with Crippen LogP contribution < -0.4 is 15.2 Å². The first-order valence-corrected chi connectivity index (χ1v) is 10.5. The third kappa shape index (κ3) is 5.04. The minimum atomic E-state index is -0.104. The van der Waals surface area contributed by atoms with Gasteiger partial charge in [-0.15, -0.1) is 0 Å². The Bertz CT molecular complexity index is 1050. The summed E-state index contributed by atoms with van der Waals surface area (Å²) in [6.07, 6.45) is 0.946. The van der Waals surface area contributed by atoms with E-state index in [-0.39, 0.29) is 5.56 Å². The Morgan fingerprint density at radius 2 is 1.76 bits per heavy atom. The average Bonchev–Trinajstić information content (AvgIpc) is 2.73. The molecule has 2 heterocycles. The lowest BCUT2D eigenvalue weighted by Crippen LogP contribution is -2.46. The molecule has 1 aliphatic rings. The maximum atomic E-state index is 11.5. The monoisotopic (exact) mass is 431 g/mol. The number of hydrogen-bond acceptors (Lipinski definition) is 4. The Labute approximate surface area is 179 Å². The van der Waals surface area contributed by atoms with Gasteiger partial charge in [0.05, 0.1) is 22.8 Å². The summed E-state index contributed by atoms with van der Waals surface area (Å²) >= 11 is 12.4. The predicted molar refractivity (Wildman–Crippen MR) is 120 cm³/mol. The van der Waals surface area contributed by atoms with E-state index in [2.05, 4.69) is 14.8 Å². The van der Waals surface area contributed by atoms with E-state index in [0.29, 0.717) is 11.6 Å². The molecule has 1 aliphatic heterocycles. The molecule has 0 radical (unpaired) electrons. The SMILES string of the molecule is O=c1ccc2ccc(OCCCN3CCN(c4cc(Cl)ccc4Cl)CC3)cc2[nH]1. The third-order valence-electron chi connectivity index (χ3n) is 5.21. The van der Waals surface area contributed by atoms with Crippen molar-refractivity contribution >= 4 is 39.8 Å². The van der Waals surface area contributed by atoms with Gasteiger partial charge in [0.2, 0.25) is 5.56 Å². The van der Waals surface area contributed by atoms with Crippen LogP contribution >= 0.6 is 23.2 Å². The molecular weight excluding hydrogens is 409 g/mol. The lowest BCUT2D eigenvalue weighted by molar-refractivity contribution is 0.225. The van der Waals surface area contributed by atoms with Crippen LogP contribution in [0.25, 0.3) is 10.9 Å². The number of hydrogen-bond donors (Lipinski definition) is 1. The van der Waals surface area contributed by atoms with Crippen molar-refractivity contribution in [3.8, 4) is 5.75 Å². The Balaban J connectivity index is 1.23. The van der Waals surface area contributed by atoms with E-state index >= 15 is 0 Å². The van der Waals surface area contributed by atoms with Crippen LogP contribution in [0, 0.1) is 0 Å². The van der Waals surface area contributed by atoms with Crippen molar-refractivity contribution in [1.82, 2.24) is 9.88 Å². The van der Waals surface area contributed by atoms with Crippen molar-refractivity contribution in [2.75, 3.05) is 44.2 Å². The molecule has 1 N–H and O–H groups in total. The number of halogens is 2. The van der Waals surface area contributed by atoms with Crippen molar-refractivity contribution in [3.05, 3.63) is 68.9 Å². The Morgan fingerprint density at radius 1 is 0.966 bits per heavy atom. The van der Waals surface area contributed by atoms with Crippen LogP contribution in [-0.2, 0) is 0 Å². The van der Waals surface area contributed by atoms with Gasteiger partial charge in [0.15, 0.2) is 0 Å². The lowest BCUT2D eigenvalue weighted by Gasteiger charge is -2.36. The smallest absolute Gasteiger partial charge is 0.248 e. The highest BCUT2D eigenvalue weighted by Gasteiger charge is 2.18. The van der Waals surface area contributed by atoms with E-state index < -0.39 is 0 Å². The quantitative estimate of drug-likeness (QED) is 0.586. The number of pyridine rings is 1. The summed E-state index contributed by atoms with van der Waals surface area (Å²) in [7, 11) is 0. The third-order valence-corrected chi connectivity index (χ3v) is 5.76. The highest BCUT2D eigenvalue weighted by molar-refractivity contribution is 6.35. The molecule has 0 unspecified atom stereocenters. The van der Waals surface area contributed by atoms with Gasteiger partial charge in [-0.05, 0) is 48.2 Å². The van der Waals surface area contributed by atoms with Gasteiger partial charge >= 0.3 is 0 Å². The molecule has 1 saturated heterocycles. The summed E-state index contributed by atoms with van der Waals surface area (Å²) in [4.78, 5) is 19.0. The number of benzene rings is 2. The number of aromatic amines is 1. The summed E-state index contributed by atoms with van der Waals surface area (Å²) in [6, 6.07) is 14.7. The summed E-state index contributed by atoms with van der Waals surface area (Å²) < 4.78 is 5.87. The van der Waals surface area contributed by atoms with Gasteiger partial charge in [-0.2, -0.15) is 0 Å². The number of rotatable bonds is 6. The molecule has 0 bridgehead atoms. The van der Waals surface area contributed by atoms with Crippen LogP contribution in [-0.4, -0.2) is 49.2 Å². The van der Waals surface area contributed by atoms with E-state index in [0.717, 1.165) is 66.5 Å². The number of anilines is 1. The van der Waals surface area contributed by atoms with Crippen LogP contribution in [0.3, 0.4) is 0 Å². The molecule has 5 nitrogen and oxygen atoms in total. The van der Waals surface area contributed by atoms with Crippen molar-refractivity contribution in [1.29, 1.82) is 0 Å². The zero-order valence-corrected chi connectivity index (χ0v) is 17.5. The second kappa shape index (κ2) is 9.08. The first-order chi connectivity index (χ1) is 14.1. The maximum Gasteiger partial charge on any atom is 0.248 e. The van der Waals surface area contributed by atoms with Crippen LogP contribution in [0.1, 0.15) is 6.42 Å². The standard InChI is InChI=1S/C22H23Cl2N3O2/c23-17-4-6-19(24)21(14-17)27-11-9-26(10-12-27)8-1-13-29-18-5-2-16-3-7-22(28)25-20(16)15-18/h2-7,14-15H,1,8-13H2,(H,25,28). The molecule has 0 saturated carbocycles. The molecule has 0 amide bonds. The molecular formula is C22H23Cl2N3O2. The second-order valence-electron chi connectivity index (χ2n) is 7.20. The maximum absolute atomic E-state index is 11.5. The second-order valence-corrected chi connectivity index (χ2v) is 8.04. The molecule has 7 heteroatoms. The Morgan fingerprint density at radius 3 is 2.59 bits per heavy atom. The number of H-pyrrole nitrogens is 1. The molecule has 0 atom stereocenters. The van der Waals surface area contributed by atoms with Crippen LogP contribution in [0.15, 0.2) is 53.3 Å². The number of aromatic nitrogens is 1. The van der Waals surface area contributed by atoms with Gasteiger partial charge in [0.1, 0.15) is 5.75 Å². The topological polar surface area (TPSA) is 48.6 Å². The van der Waals surface area contributed by atoms with Crippen LogP contribution in [0.5, 0.6) is 5.75 Å². The highest BCUT2D eigenvalue weighted by Crippen LogP contribution is 2.29. The molecule has 2 aromatic carbocycles. The molecule has 152 valence electrons. The Kier molecular flexibility index (Phi) is 6.28. The zero-order valence-electron chi connectivity index (χ0n) is 16.0. The molecule has 3 aromatic rings. The normalized spacial score (nSPS) is 15.0. The largest absolute Gasteiger partial charge is 0.493 e. The summed E-state index contributed by atoms with van der Waals surface area (Å²) in [5.41, 5.74) is 1.70. The van der Waals surface area contributed by atoms with E-state index in [4.69, 9.17) is 27.9 Å². The fourth-order valence-electron chi connectivity index (χ4n) is 3.64. The summed E-state index contributed by atoms with van der Waals surface area (Å²) in [5, 5.41) is 2.45. The van der Waals surface area contributed by atoms with Gasteiger partial charge in [-0.3, -0.25) is 9.69 Å². The molecule has 0 aliphatic carbocycles. The van der Waals surface area contributed by atoms with Gasteiger partial charge in [-0.25, -0.2) is 0 Å². The molecule has 4 rings (SSSR count). The molecule has 1 aromatic heterocycles. The van der Waals surface area contributed by atoms with Gasteiger partial charge in [0, 0.05) is 49.9 Å². The molecule has 1 fully saturated rings. The van der Waals surface area contributed by atoms with Crippen molar-refractivity contribution in [2.24, 2.45) is 0 Å². The number of ether oxygens (including phenoxy) is 1. The summed E-state index contributed by atoms with van der Waals surface area (Å²) in [5.74, 6) is 0.778. The van der Waals surface area contributed by atoms with Crippen LogP contribution in [0.2, 0.25) is 10.0 Å². The first-order valence-electron chi connectivity index (χ1n) is 9.77. The van der Waals surface area contributed by atoms with E-state index in [9.17, 15) is 4.79 Å². The minimum Gasteiger partial charge on any atom is -0.493 e. The number of nitrogens with one attached hydrogen (secondary N) is 1. The zero-order chi connectivity index (χ0) is 20.2. The van der Waals surface area contributed by atoms with Crippen LogP contribution in [0.4, 0.5) is 5.69 Å². The summed E-state index contributed by atoms with van der Waals surface area (Å²) in [6.45, 7) is 5.46. The molecule has 29 heavy (non-hydrogen) atoms. The van der Waals surface area contributed by atoms with E-state index in [1.54, 1.807) is 0 Å². The number of fused-ring (bicyclic) bond motifs is 1. The van der Waals surface area contributed by atoms with E-state index in [1.165, 1.54) is 6.07 Å². The predicted octanol–water partition coefficient (Wildman–Crippen LogP) is 4.43. The first kappa shape index (κ1) is 20.1. The molecule has 0 spiro atoms. The van der Waals surface area contributed by atoms with Crippen molar-refractivity contribution in [3.63, 3.8) is 0 Å². The number of piperazine rings is 1. The fourth-order valence-corrected chi connectivity index (χ4v) is 4.04. The highest BCUT2D eigenvalue weighted by atomic mass is 35.5. The number of nitrogens with zero attached hydrogens (tertiary/aromatic N) is 2. The van der Waals surface area contributed by atoms with Crippen molar-refractivity contribution < 1.29 is 4.74 Å². The van der Waals surface area contributed by atoms with Gasteiger partial charge < -0.3 is 14.6 Å². The van der Waals surface area contributed by atoms with Gasteiger partial charge in [0.25, 0.3) is 0 Å². The van der Waals surface area contributed by atoms with Gasteiger partial charge in [-0.1, -0.05) is 23.2 Å². The minimum absolute atomic E-state index is 0.104. The average molecular weight is 432 g/mol. The lowest BCUT2D eigenvalue weighted by atomic mass is 10.2. The van der Waals surface area contributed by atoms with E-state index in [1.807, 2.05) is 42.5 Å². The fraction of sp³-hybridized carbons (Fsp3) is 0.318. The van der Waals surface area contributed by atoms with Crippen molar-refractivity contribution in [2.45, 2.75) is 6.42 Å². The Hall–Kier alpha value is -2.21.